The highest BCUT2D eigenvalue weighted by molar-refractivity contribution is 5.82. The lowest BCUT2D eigenvalue weighted by atomic mass is 10.1. The topological polar surface area (TPSA) is 73.8 Å². The van der Waals surface area contributed by atoms with E-state index in [0.717, 1.165) is 44.5 Å². The number of morpholine rings is 1. The average Bonchev–Trinajstić information content (AvgIpc) is 2.75. The number of anilines is 3. The SMILES string of the molecule is CN1CCN(c2cc(NCc3ccccc3N3CCOCC3)ncn2)CC1=O. The molecule has 4 rings (SSSR count). The van der Waals surface area contributed by atoms with Crippen LogP contribution in [-0.2, 0) is 16.1 Å². The number of piperazine rings is 1. The van der Waals surface area contributed by atoms with Crippen LogP contribution in [0.15, 0.2) is 36.7 Å². The zero-order chi connectivity index (χ0) is 19.3. The Morgan fingerprint density at radius 3 is 2.71 bits per heavy atom. The van der Waals surface area contributed by atoms with Crippen molar-refractivity contribution in [3.8, 4) is 0 Å². The van der Waals surface area contributed by atoms with Crippen molar-refractivity contribution in [3.05, 3.63) is 42.2 Å². The number of hydrogen-bond acceptors (Lipinski definition) is 7. The Labute approximate surface area is 165 Å². The van der Waals surface area contributed by atoms with E-state index < -0.39 is 0 Å². The number of carbonyl (C=O) groups is 1. The van der Waals surface area contributed by atoms with Gasteiger partial charge in [-0.15, -0.1) is 0 Å². The predicted molar refractivity (Wildman–Crippen MR) is 109 cm³/mol. The van der Waals surface area contributed by atoms with E-state index >= 15 is 0 Å². The van der Waals surface area contributed by atoms with Crippen molar-refractivity contribution >= 4 is 23.2 Å². The maximum atomic E-state index is 12.0. The monoisotopic (exact) mass is 382 g/mol. The Hall–Kier alpha value is -2.87. The number of likely N-dealkylation sites (N-methyl/N-ethyl adjacent to an activating group) is 1. The molecule has 0 bridgehead atoms. The molecular formula is C20H26N6O2. The maximum Gasteiger partial charge on any atom is 0.241 e. The molecule has 1 aromatic carbocycles. The minimum atomic E-state index is 0.110. The smallest absolute Gasteiger partial charge is 0.241 e. The quantitative estimate of drug-likeness (QED) is 0.833. The highest BCUT2D eigenvalue weighted by Crippen LogP contribution is 2.23. The van der Waals surface area contributed by atoms with Gasteiger partial charge in [-0.2, -0.15) is 0 Å². The van der Waals surface area contributed by atoms with E-state index in [9.17, 15) is 4.79 Å². The Bertz CT molecular complexity index is 824. The maximum absolute atomic E-state index is 12.0. The van der Waals surface area contributed by atoms with Gasteiger partial charge in [0.25, 0.3) is 0 Å². The second kappa shape index (κ2) is 8.43. The molecule has 28 heavy (non-hydrogen) atoms. The molecule has 0 unspecified atom stereocenters. The Morgan fingerprint density at radius 2 is 1.89 bits per heavy atom. The summed E-state index contributed by atoms with van der Waals surface area (Å²) < 4.78 is 5.47. The second-order valence-corrected chi connectivity index (χ2v) is 7.08. The van der Waals surface area contributed by atoms with Gasteiger partial charge in [0.1, 0.15) is 18.0 Å². The van der Waals surface area contributed by atoms with E-state index in [-0.39, 0.29) is 5.91 Å². The molecule has 1 amide bonds. The van der Waals surface area contributed by atoms with E-state index in [1.165, 1.54) is 11.3 Å². The molecule has 2 aliphatic heterocycles. The first kappa shape index (κ1) is 18.5. The largest absolute Gasteiger partial charge is 0.378 e. The summed E-state index contributed by atoms with van der Waals surface area (Å²) in [6.45, 7) is 5.86. The summed E-state index contributed by atoms with van der Waals surface area (Å²) in [5.74, 6) is 1.65. The summed E-state index contributed by atoms with van der Waals surface area (Å²) >= 11 is 0. The molecule has 3 heterocycles. The van der Waals surface area contributed by atoms with Gasteiger partial charge in [-0.1, -0.05) is 18.2 Å². The van der Waals surface area contributed by atoms with E-state index in [2.05, 4.69) is 44.5 Å². The lowest BCUT2D eigenvalue weighted by Crippen LogP contribution is -2.48. The van der Waals surface area contributed by atoms with Gasteiger partial charge in [0.15, 0.2) is 0 Å². The van der Waals surface area contributed by atoms with Crippen molar-refractivity contribution in [1.82, 2.24) is 14.9 Å². The Kier molecular flexibility index (Phi) is 5.57. The van der Waals surface area contributed by atoms with Crippen molar-refractivity contribution < 1.29 is 9.53 Å². The number of aromatic nitrogens is 2. The number of benzene rings is 1. The molecule has 2 aromatic rings. The molecule has 8 nitrogen and oxygen atoms in total. The zero-order valence-corrected chi connectivity index (χ0v) is 16.2. The summed E-state index contributed by atoms with van der Waals surface area (Å²) in [6, 6.07) is 10.3. The van der Waals surface area contributed by atoms with Gasteiger partial charge in [-0.3, -0.25) is 4.79 Å². The van der Waals surface area contributed by atoms with Crippen LogP contribution in [-0.4, -0.2) is 73.8 Å². The Balaban J connectivity index is 1.44. The van der Waals surface area contributed by atoms with Gasteiger partial charge in [0, 0.05) is 51.5 Å². The lowest BCUT2D eigenvalue weighted by Gasteiger charge is -2.32. The van der Waals surface area contributed by atoms with E-state index in [1.807, 2.05) is 18.0 Å². The number of rotatable bonds is 5. The van der Waals surface area contributed by atoms with E-state index in [0.29, 0.717) is 19.6 Å². The van der Waals surface area contributed by atoms with Gasteiger partial charge >= 0.3 is 0 Å². The zero-order valence-electron chi connectivity index (χ0n) is 16.2. The molecule has 0 spiro atoms. The van der Waals surface area contributed by atoms with Crippen molar-refractivity contribution in [2.75, 3.05) is 68.1 Å². The van der Waals surface area contributed by atoms with Crippen molar-refractivity contribution in [2.45, 2.75) is 6.54 Å². The van der Waals surface area contributed by atoms with Crippen LogP contribution < -0.4 is 15.1 Å². The van der Waals surface area contributed by atoms with Crippen LogP contribution in [0.3, 0.4) is 0 Å². The molecule has 1 aromatic heterocycles. The number of nitrogens with one attached hydrogen (secondary N) is 1. The summed E-state index contributed by atoms with van der Waals surface area (Å²) in [7, 11) is 1.83. The van der Waals surface area contributed by atoms with Crippen molar-refractivity contribution in [2.24, 2.45) is 0 Å². The first-order chi connectivity index (χ1) is 13.7. The molecule has 0 saturated carbocycles. The number of para-hydroxylation sites is 1. The Morgan fingerprint density at radius 1 is 1.07 bits per heavy atom. The second-order valence-electron chi connectivity index (χ2n) is 7.08. The molecule has 2 fully saturated rings. The van der Waals surface area contributed by atoms with Gasteiger partial charge in [0.2, 0.25) is 5.91 Å². The highest BCUT2D eigenvalue weighted by atomic mass is 16.5. The third-order valence-electron chi connectivity index (χ3n) is 5.24. The van der Waals surface area contributed by atoms with Crippen molar-refractivity contribution in [1.29, 1.82) is 0 Å². The van der Waals surface area contributed by atoms with Crippen LogP contribution in [0.1, 0.15) is 5.56 Å². The standard InChI is InChI=1S/C20H26N6O2/c1-24-6-7-26(14-20(24)27)19-12-18(22-15-23-19)21-13-16-4-2-3-5-17(16)25-8-10-28-11-9-25/h2-5,12,15H,6-11,13-14H2,1H3,(H,21,22,23). The number of amides is 1. The average molecular weight is 382 g/mol. The van der Waals surface area contributed by atoms with Crippen LogP contribution in [0.25, 0.3) is 0 Å². The highest BCUT2D eigenvalue weighted by Gasteiger charge is 2.22. The molecule has 0 aliphatic carbocycles. The molecule has 2 saturated heterocycles. The van der Waals surface area contributed by atoms with Gasteiger partial charge in [-0.05, 0) is 11.6 Å². The first-order valence-corrected chi connectivity index (χ1v) is 9.66. The molecule has 148 valence electrons. The minimum Gasteiger partial charge on any atom is -0.378 e. The van der Waals surface area contributed by atoms with Crippen molar-refractivity contribution in [3.63, 3.8) is 0 Å². The number of carbonyl (C=O) groups excluding carboxylic acids is 1. The minimum absolute atomic E-state index is 0.110. The molecular weight excluding hydrogens is 356 g/mol. The van der Waals surface area contributed by atoms with Gasteiger partial charge in [-0.25, -0.2) is 9.97 Å². The summed E-state index contributed by atoms with van der Waals surface area (Å²) in [5, 5.41) is 3.41. The number of ether oxygens (including phenoxy) is 1. The summed E-state index contributed by atoms with van der Waals surface area (Å²) in [6.07, 6.45) is 1.55. The third-order valence-corrected chi connectivity index (χ3v) is 5.24. The van der Waals surface area contributed by atoms with Crippen LogP contribution in [0.5, 0.6) is 0 Å². The van der Waals surface area contributed by atoms with E-state index in [4.69, 9.17) is 4.74 Å². The van der Waals surface area contributed by atoms with Gasteiger partial charge in [0.05, 0.1) is 19.8 Å². The first-order valence-electron chi connectivity index (χ1n) is 9.66. The predicted octanol–water partition coefficient (Wildman–Crippen LogP) is 1.20. The fourth-order valence-electron chi connectivity index (χ4n) is 3.53. The molecule has 2 aliphatic rings. The van der Waals surface area contributed by atoms with E-state index in [1.54, 1.807) is 11.2 Å². The summed E-state index contributed by atoms with van der Waals surface area (Å²) in [5.41, 5.74) is 2.46. The fourth-order valence-corrected chi connectivity index (χ4v) is 3.53. The molecule has 0 atom stereocenters. The van der Waals surface area contributed by atoms with Crippen LogP contribution in [0, 0.1) is 0 Å². The van der Waals surface area contributed by atoms with Crippen LogP contribution >= 0.6 is 0 Å². The normalized spacial score (nSPS) is 17.8. The third kappa shape index (κ3) is 4.17. The summed E-state index contributed by atoms with van der Waals surface area (Å²) in [4.78, 5) is 26.8. The van der Waals surface area contributed by atoms with Gasteiger partial charge < -0.3 is 24.8 Å². The lowest BCUT2D eigenvalue weighted by molar-refractivity contribution is -0.129. The van der Waals surface area contributed by atoms with Crippen LogP contribution in [0.4, 0.5) is 17.3 Å². The fraction of sp³-hybridized carbons (Fsp3) is 0.450. The molecule has 8 heteroatoms. The number of nitrogens with zero attached hydrogens (tertiary/aromatic N) is 5. The molecule has 0 radical (unpaired) electrons. The number of hydrogen-bond donors (Lipinski definition) is 1. The molecule has 1 N–H and O–H groups in total. The van der Waals surface area contributed by atoms with Crippen LogP contribution in [0.2, 0.25) is 0 Å².